The maximum Gasteiger partial charge on any atom is 0.147 e. The molecule has 1 aromatic rings. The number of nitrogens with one attached hydrogen (secondary N) is 1. The van der Waals surface area contributed by atoms with Gasteiger partial charge in [-0.1, -0.05) is 6.42 Å². The fraction of sp³-hybridized carbons (Fsp3) is 0.714. The molecular formula is C14H24N2O2S2. The molecule has 0 bridgehead atoms. The normalized spacial score (nSPS) is 17.5. The summed E-state index contributed by atoms with van der Waals surface area (Å²) in [4.78, 5) is 2.76. The number of hydrogen-bond donors (Lipinski definition) is 2. The van der Waals surface area contributed by atoms with Crippen LogP contribution in [0.5, 0.6) is 0 Å². The number of hydrogen-bond acceptors (Lipinski definition) is 5. The highest BCUT2D eigenvalue weighted by atomic mass is 32.2. The summed E-state index contributed by atoms with van der Waals surface area (Å²) in [6, 6.07) is 2.35. The lowest BCUT2D eigenvalue weighted by Gasteiger charge is -2.13. The van der Waals surface area contributed by atoms with E-state index in [0.717, 1.165) is 6.42 Å². The van der Waals surface area contributed by atoms with E-state index >= 15 is 0 Å². The first-order valence-electron chi connectivity index (χ1n) is 7.25. The van der Waals surface area contributed by atoms with E-state index in [9.17, 15) is 8.42 Å². The predicted molar refractivity (Wildman–Crippen MR) is 84.6 cm³/mol. The summed E-state index contributed by atoms with van der Waals surface area (Å²) in [5.74, 6) is 5.88. The molecule has 0 aliphatic heterocycles. The third kappa shape index (κ3) is 4.55. The van der Waals surface area contributed by atoms with Gasteiger partial charge in [0.2, 0.25) is 0 Å². The minimum atomic E-state index is -2.88. The molecule has 1 aliphatic carbocycles. The average molecular weight is 316 g/mol. The van der Waals surface area contributed by atoms with Crippen molar-refractivity contribution in [2.45, 2.75) is 51.0 Å². The van der Waals surface area contributed by atoms with E-state index in [1.54, 1.807) is 0 Å². The van der Waals surface area contributed by atoms with Gasteiger partial charge in [0, 0.05) is 21.8 Å². The molecule has 0 spiro atoms. The Bertz CT molecular complexity index is 514. The number of fused-ring (bicyclic) bond motifs is 1. The molecule has 0 aromatic carbocycles. The first-order valence-corrected chi connectivity index (χ1v) is 10.1. The van der Waals surface area contributed by atoms with Crippen LogP contribution in [0.1, 0.15) is 53.5 Å². The van der Waals surface area contributed by atoms with Gasteiger partial charge in [-0.3, -0.25) is 11.3 Å². The molecule has 3 N–H and O–H groups in total. The number of aryl methyl sites for hydroxylation is 2. The number of sulfone groups is 1. The second-order valence-electron chi connectivity index (χ2n) is 5.65. The molecule has 0 fully saturated rings. The van der Waals surface area contributed by atoms with Gasteiger partial charge in [0.25, 0.3) is 0 Å². The minimum absolute atomic E-state index is 0.0775. The van der Waals surface area contributed by atoms with Crippen molar-refractivity contribution >= 4 is 21.2 Å². The molecule has 1 heterocycles. The molecule has 4 nitrogen and oxygen atoms in total. The number of rotatable bonds is 6. The van der Waals surface area contributed by atoms with Gasteiger partial charge < -0.3 is 0 Å². The zero-order valence-electron chi connectivity index (χ0n) is 12.0. The van der Waals surface area contributed by atoms with Crippen molar-refractivity contribution in [3.8, 4) is 0 Å². The number of nitrogens with two attached hydrogens (primary N) is 1. The molecule has 1 aliphatic rings. The van der Waals surface area contributed by atoms with Crippen LogP contribution in [0.4, 0.5) is 0 Å². The average Bonchev–Trinajstić information content (AvgIpc) is 2.64. The third-order valence-corrected chi connectivity index (χ3v) is 6.20. The molecule has 0 saturated carbocycles. The van der Waals surface area contributed by atoms with Crippen LogP contribution in [0.25, 0.3) is 0 Å². The standard InChI is InChI=1S/C14H24N2O2S2/c1-20(17,18)9-5-7-12(16-15)14-10-11-6-3-2-4-8-13(11)19-14/h10,12,16H,2-9,15H2,1H3. The molecule has 0 saturated heterocycles. The van der Waals surface area contributed by atoms with E-state index in [4.69, 9.17) is 5.84 Å². The fourth-order valence-corrected chi connectivity index (χ4v) is 4.76. The van der Waals surface area contributed by atoms with Crippen molar-refractivity contribution in [2.24, 2.45) is 5.84 Å². The molecule has 6 heteroatoms. The van der Waals surface area contributed by atoms with Gasteiger partial charge in [-0.15, -0.1) is 11.3 Å². The Morgan fingerprint density at radius 1 is 1.35 bits per heavy atom. The van der Waals surface area contributed by atoms with Gasteiger partial charge in [0.15, 0.2) is 0 Å². The molecule has 1 aromatic heterocycles. The number of thiophene rings is 1. The largest absolute Gasteiger partial charge is 0.271 e. The van der Waals surface area contributed by atoms with E-state index in [1.807, 2.05) is 11.3 Å². The van der Waals surface area contributed by atoms with E-state index in [2.05, 4.69) is 11.5 Å². The summed E-state index contributed by atoms with van der Waals surface area (Å²) in [7, 11) is -2.88. The molecule has 20 heavy (non-hydrogen) atoms. The topological polar surface area (TPSA) is 72.2 Å². The van der Waals surface area contributed by atoms with E-state index in [-0.39, 0.29) is 11.8 Å². The van der Waals surface area contributed by atoms with Gasteiger partial charge in [-0.2, -0.15) is 0 Å². The molecule has 0 radical (unpaired) electrons. The molecule has 114 valence electrons. The zero-order chi connectivity index (χ0) is 14.6. The highest BCUT2D eigenvalue weighted by Gasteiger charge is 2.18. The van der Waals surface area contributed by atoms with Crippen LogP contribution in [0.3, 0.4) is 0 Å². The molecule has 0 amide bonds. The van der Waals surface area contributed by atoms with Crippen LogP contribution >= 0.6 is 11.3 Å². The van der Waals surface area contributed by atoms with Gasteiger partial charge in [0.05, 0.1) is 6.04 Å². The van der Waals surface area contributed by atoms with Gasteiger partial charge >= 0.3 is 0 Å². The Kier molecular flexibility index (Phi) is 5.60. The summed E-state index contributed by atoms with van der Waals surface area (Å²) in [6.07, 6.45) is 8.93. The summed E-state index contributed by atoms with van der Waals surface area (Å²) in [5, 5.41) is 0. The van der Waals surface area contributed by atoms with Crippen LogP contribution in [-0.2, 0) is 22.7 Å². The number of hydrazine groups is 1. The zero-order valence-corrected chi connectivity index (χ0v) is 13.7. The summed E-state index contributed by atoms with van der Waals surface area (Å²) >= 11 is 1.85. The quantitative estimate of drug-likeness (QED) is 0.480. The van der Waals surface area contributed by atoms with Crippen molar-refractivity contribution in [3.63, 3.8) is 0 Å². The first kappa shape index (κ1) is 15.9. The van der Waals surface area contributed by atoms with Crippen LogP contribution in [0, 0.1) is 0 Å². The van der Waals surface area contributed by atoms with Crippen LogP contribution in [0.15, 0.2) is 6.07 Å². The van der Waals surface area contributed by atoms with Crippen molar-refractivity contribution in [1.29, 1.82) is 0 Å². The maximum absolute atomic E-state index is 11.2. The van der Waals surface area contributed by atoms with Crippen LogP contribution < -0.4 is 11.3 Å². The monoisotopic (exact) mass is 316 g/mol. The summed E-state index contributed by atoms with van der Waals surface area (Å²) in [5.41, 5.74) is 4.32. The van der Waals surface area contributed by atoms with Crippen LogP contribution in [-0.4, -0.2) is 20.4 Å². The molecular weight excluding hydrogens is 292 g/mol. The lowest BCUT2D eigenvalue weighted by molar-refractivity contribution is 0.514. The van der Waals surface area contributed by atoms with Gasteiger partial charge in [0.1, 0.15) is 9.84 Å². The Morgan fingerprint density at radius 3 is 2.80 bits per heavy atom. The Hall–Kier alpha value is -0.430. The Labute approximate surface area is 125 Å². The van der Waals surface area contributed by atoms with E-state index in [0.29, 0.717) is 6.42 Å². The van der Waals surface area contributed by atoms with Gasteiger partial charge in [-0.05, 0) is 50.2 Å². The molecule has 1 unspecified atom stereocenters. The summed E-state index contributed by atoms with van der Waals surface area (Å²) in [6.45, 7) is 0. The SMILES string of the molecule is CS(=O)(=O)CCCC(NN)c1cc2c(s1)CCCCC2. The van der Waals surface area contributed by atoms with Crippen molar-refractivity contribution < 1.29 is 8.42 Å². The van der Waals surface area contributed by atoms with Crippen molar-refractivity contribution in [2.75, 3.05) is 12.0 Å². The smallest absolute Gasteiger partial charge is 0.147 e. The second kappa shape index (κ2) is 7.02. The van der Waals surface area contributed by atoms with E-state index < -0.39 is 9.84 Å². The van der Waals surface area contributed by atoms with Crippen molar-refractivity contribution in [3.05, 3.63) is 21.4 Å². The highest BCUT2D eigenvalue weighted by molar-refractivity contribution is 7.90. The fourth-order valence-electron chi connectivity index (χ4n) is 2.72. The van der Waals surface area contributed by atoms with E-state index in [1.165, 1.54) is 53.7 Å². The van der Waals surface area contributed by atoms with Crippen LogP contribution in [0.2, 0.25) is 0 Å². The van der Waals surface area contributed by atoms with Crippen molar-refractivity contribution in [1.82, 2.24) is 5.43 Å². The maximum atomic E-state index is 11.2. The second-order valence-corrected chi connectivity index (χ2v) is 9.08. The first-order chi connectivity index (χ1) is 9.49. The van der Waals surface area contributed by atoms with Gasteiger partial charge in [-0.25, -0.2) is 8.42 Å². The minimum Gasteiger partial charge on any atom is -0.271 e. The highest BCUT2D eigenvalue weighted by Crippen LogP contribution is 2.33. The predicted octanol–water partition coefficient (Wildman–Crippen LogP) is 2.35. The molecule has 1 atom stereocenters. The Balaban J connectivity index is 2.00. The lowest BCUT2D eigenvalue weighted by atomic mass is 10.1. The Morgan fingerprint density at radius 2 is 2.10 bits per heavy atom. The third-order valence-electron chi connectivity index (χ3n) is 3.82. The molecule has 2 rings (SSSR count). The lowest BCUT2D eigenvalue weighted by Crippen LogP contribution is -2.27. The summed E-state index contributed by atoms with van der Waals surface area (Å²) < 4.78 is 22.4.